The lowest BCUT2D eigenvalue weighted by Gasteiger charge is -2.31. The summed E-state index contributed by atoms with van der Waals surface area (Å²) in [6.07, 6.45) is 0.0329. The van der Waals surface area contributed by atoms with Crippen molar-refractivity contribution in [2.45, 2.75) is 19.6 Å². The Balaban J connectivity index is 1.84. The summed E-state index contributed by atoms with van der Waals surface area (Å²) in [7, 11) is 0. The van der Waals surface area contributed by atoms with Gasteiger partial charge in [0.15, 0.2) is 5.58 Å². The van der Waals surface area contributed by atoms with Crippen molar-refractivity contribution in [3.8, 4) is 0 Å². The van der Waals surface area contributed by atoms with Crippen LogP contribution in [0.3, 0.4) is 0 Å². The zero-order valence-electron chi connectivity index (χ0n) is 11.2. The van der Waals surface area contributed by atoms with Gasteiger partial charge in [0.05, 0.1) is 18.2 Å². The number of rotatable bonds is 2. The third-order valence-corrected chi connectivity index (χ3v) is 3.46. The minimum absolute atomic E-state index is 0.00255. The molecule has 1 atom stereocenters. The molecule has 1 aromatic carbocycles. The van der Waals surface area contributed by atoms with Gasteiger partial charge in [0.2, 0.25) is 5.91 Å². The molecule has 2 aromatic rings. The number of morpholine rings is 1. The van der Waals surface area contributed by atoms with Gasteiger partial charge in [-0.2, -0.15) is 0 Å². The summed E-state index contributed by atoms with van der Waals surface area (Å²) < 4.78 is 11.9. The first-order chi connectivity index (χ1) is 9.65. The fourth-order valence-corrected chi connectivity index (χ4v) is 2.44. The lowest BCUT2D eigenvalue weighted by Crippen LogP contribution is -2.46. The maximum absolute atomic E-state index is 12.3. The molecule has 1 unspecified atom stereocenters. The zero-order chi connectivity index (χ0) is 14.1. The largest absolute Gasteiger partial charge is 0.420 e. The first-order valence-electron chi connectivity index (χ1n) is 6.63. The molecule has 1 aliphatic rings. The van der Waals surface area contributed by atoms with Crippen LogP contribution < -0.4 is 5.76 Å². The predicted molar refractivity (Wildman–Crippen MR) is 72.5 cm³/mol. The molecular weight excluding hydrogens is 260 g/mol. The van der Waals surface area contributed by atoms with Crippen LogP contribution in [0.2, 0.25) is 0 Å². The Morgan fingerprint density at radius 1 is 1.40 bits per heavy atom. The summed E-state index contributed by atoms with van der Waals surface area (Å²) in [6.45, 7) is 3.59. The van der Waals surface area contributed by atoms with Crippen LogP contribution in [0, 0.1) is 0 Å². The molecule has 20 heavy (non-hydrogen) atoms. The summed E-state index contributed by atoms with van der Waals surface area (Å²) >= 11 is 0. The molecule has 1 aromatic heterocycles. The number of amides is 1. The molecule has 0 aliphatic carbocycles. The molecule has 0 bridgehead atoms. The molecule has 0 saturated carbocycles. The van der Waals surface area contributed by atoms with E-state index in [0.29, 0.717) is 30.8 Å². The van der Waals surface area contributed by atoms with Crippen molar-refractivity contribution in [1.29, 1.82) is 0 Å². The number of ether oxygens (including phenoxy) is 1. The van der Waals surface area contributed by atoms with Crippen LogP contribution in [0.4, 0.5) is 0 Å². The molecule has 6 nitrogen and oxygen atoms in total. The predicted octanol–water partition coefficient (Wildman–Crippen LogP) is 0.842. The number of nitrogens with zero attached hydrogens (tertiary/aromatic N) is 2. The molecule has 106 valence electrons. The third-order valence-electron chi connectivity index (χ3n) is 3.46. The van der Waals surface area contributed by atoms with Gasteiger partial charge in [0.25, 0.3) is 0 Å². The highest BCUT2D eigenvalue weighted by atomic mass is 16.5. The number of benzene rings is 1. The Labute approximate surface area is 115 Å². The van der Waals surface area contributed by atoms with E-state index in [1.165, 1.54) is 4.57 Å². The summed E-state index contributed by atoms with van der Waals surface area (Å²) in [4.78, 5) is 25.8. The van der Waals surface area contributed by atoms with E-state index >= 15 is 0 Å². The van der Waals surface area contributed by atoms with Crippen LogP contribution >= 0.6 is 0 Å². The molecule has 2 heterocycles. The summed E-state index contributed by atoms with van der Waals surface area (Å²) in [5, 5.41) is 0. The Morgan fingerprint density at radius 2 is 2.20 bits per heavy atom. The molecule has 6 heteroatoms. The Kier molecular flexibility index (Phi) is 3.31. The van der Waals surface area contributed by atoms with E-state index in [-0.39, 0.29) is 18.6 Å². The number of hydrogen-bond donors (Lipinski definition) is 0. The van der Waals surface area contributed by atoms with Crippen LogP contribution in [0.25, 0.3) is 11.1 Å². The number of aromatic nitrogens is 1. The van der Waals surface area contributed by atoms with E-state index in [1.54, 1.807) is 23.1 Å². The second-order valence-corrected chi connectivity index (χ2v) is 4.94. The van der Waals surface area contributed by atoms with Gasteiger partial charge < -0.3 is 14.1 Å². The van der Waals surface area contributed by atoms with E-state index in [1.807, 2.05) is 13.0 Å². The maximum Gasteiger partial charge on any atom is 0.420 e. The Hall–Kier alpha value is -2.08. The Bertz CT molecular complexity index is 688. The zero-order valence-corrected chi connectivity index (χ0v) is 11.2. The topological polar surface area (TPSA) is 64.7 Å². The van der Waals surface area contributed by atoms with Crippen molar-refractivity contribution in [2.75, 3.05) is 19.7 Å². The van der Waals surface area contributed by atoms with Crippen molar-refractivity contribution in [2.24, 2.45) is 0 Å². The molecule has 1 saturated heterocycles. The van der Waals surface area contributed by atoms with Gasteiger partial charge in [-0.15, -0.1) is 0 Å². The molecule has 0 N–H and O–H groups in total. The average molecular weight is 276 g/mol. The van der Waals surface area contributed by atoms with Gasteiger partial charge in [-0.25, -0.2) is 4.79 Å². The molecule has 1 fully saturated rings. The number of para-hydroxylation sites is 2. The highest BCUT2D eigenvalue weighted by Gasteiger charge is 2.22. The quantitative estimate of drug-likeness (QED) is 0.815. The summed E-state index contributed by atoms with van der Waals surface area (Å²) in [6, 6.07) is 7.10. The number of carbonyl (C=O) groups excluding carboxylic acids is 1. The summed E-state index contributed by atoms with van der Waals surface area (Å²) in [5.74, 6) is -0.588. The average Bonchev–Trinajstić information content (AvgIpc) is 2.75. The normalized spacial score (nSPS) is 19.4. The van der Waals surface area contributed by atoms with Gasteiger partial charge in [-0.05, 0) is 19.1 Å². The second kappa shape index (κ2) is 5.13. The highest BCUT2D eigenvalue weighted by Crippen LogP contribution is 2.12. The smallest absolute Gasteiger partial charge is 0.408 e. The van der Waals surface area contributed by atoms with E-state index < -0.39 is 5.76 Å². The monoisotopic (exact) mass is 276 g/mol. The van der Waals surface area contributed by atoms with Crippen molar-refractivity contribution in [3.63, 3.8) is 0 Å². The lowest BCUT2D eigenvalue weighted by molar-refractivity contribution is -0.138. The second-order valence-electron chi connectivity index (χ2n) is 4.94. The minimum atomic E-state index is -0.499. The van der Waals surface area contributed by atoms with Crippen molar-refractivity contribution >= 4 is 17.0 Å². The fraction of sp³-hybridized carbons (Fsp3) is 0.429. The molecule has 0 spiro atoms. The van der Waals surface area contributed by atoms with Gasteiger partial charge in [-0.3, -0.25) is 9.36 Å². The number of fused-ring (bicyclic) bond motifs is 1. The van der Waals surface area contributed by atoms with Crippen molar-refractivity contribution < 1.29 is 13.9 Å². The molecular formula is C14H16N2O4. The van der Waals surface area contributed by atoms with E-state index in [0.717, 1.165) is 0 Å². The standard InChI is InChI=1S/C14H16N2O4/c1-10-8-15(6-7-19-10)13(17)9-16-11-4-2-3-5-12(11)20-14(16)18/h2-5,10H,6-9H2,1H3. The van der Waals surface area contributed by atoms with E-state index in [9.17, 15) is 9.59 Å². The van der Waals surface area contributed by atoms with Crippen LogP contribution in [0.15, 0.2) is 33.5 Å². The number of oxazole rings is 1. The SMILES string of the molecule is CC1CN(C(=O)Cn2c(=O)oc3ccccc32)CCO1. The van der Waals surface area contributed by atoms with Crippen LogP contribution in [-0.2, 0) is 16.1 Å². The van der Waals surface area contributed by atoms with E-state index in [4.69, 9.17) is 9.15 Å². The van der Waals surface area contributed by atoms with Gasteiger partial charge in [-0.1, -0.05) is 12.1 Å². The van der Waals surface area contributed by atoms with Crippen LogP contribution in [-0.4, -0.2) is 41.2 Å². The van der Waals surface area contributed by atoms with Crippen molar-refractivity contribution in [1.82, 2.24) is 9.47 Å². The number of carbonyl (C=O) groups is 1. The first-order valence-corrected chi connectivity index (χ1v) is 6.63. The van der Waals surface area contributed by atoms with Gasteiger partial charge in [0, 0.05) is 13.1 Å². The highest BCUT2D eigenvalue weighted by molar-refractivity contribution is 5.79. The van der Waals surface area contributed by atoms with Crippen LogP contribution in [0.1, 0.15) is 6.92 Å². The van der Waals surface area contributed by atoms with Crippen LogP contribution in [0.5, 0.6) is 0 Å². The van der Waals surface area contributed by atoms with Gasteiger partial charge >= 0.3 is 5.76 Å². The maximum atomic E-state index is 12.3. The first kappa shape index (κ1) is 12.9. The fourth-order valence-electron chi connectivity index (χ4n) is 2.44. The summed E-state index contributed by atoms with van der Waals surface area (Å²) in [5.41, 5.74) is 1.15. The van der Waals surface area contributed by atoms with Gasteiger partial charge in [0.1, 0.15) is 6.54 Å². The molecule has 1 aliphatic heterocycles. The molecule has 3 rings (SSSR count). The van der Waals surface area contributed by atoms with E-state index in [2.05, 4.69) is 0 Å². The lowest BCUT2D eigenvalue weighted by atomic mass is 10.3. The Morgan fingerprint density at radius 3 is 3.00 bits per heavy atom. The third kappa shape index (κ3) is 2.34. The molecule has 0 radical (unpaired) electrons. The van der Waals surface area contributed by atoms with Crippen molar-refractivity contribution in [3.05, 3.63) is 34.8 Å². The molecule has 1 amide bonds. The minimum Gasteiger partial charge on any atom is -0.408 e. The number of hydrogen-bond acceptors (Lipinski definition) is 4.